The van der Waals surface area contributed by atoms with E-state index in [4.69, 9.17) is 9.15 Å². The third-order valence-electron chi connectivity index (χ3n) is 3.68. The first-order chi connectivity index (χ1) is 9.97. The van der Waals surface area contributed by atoms with Crippen LogP contribution in [0.25, 0.3) is 11.0 Å². The SMILES string of the molecule is CCNC(c1cc2ccccc2o1)C(OCC)C(C)(C)C. The van der Waals surface area contributed by atoms with Gasteiger partial charge in [-0.05, 0) is 31.0 Å². The predicted octanol–water partition coefficient (Wildman–Crippen LogP) is 4.53. The molecule has 3 heteroatoms. The van der Waals surface area contributed by atoms with Gasteiger partial charge in [-0.3, -0.25) is 0 Å². The van der Waals surface area contributed by atoms with Crippen LogP contribution >= 0.6 is 0 Å². The van der Waals surface area contributed by atoms with Crippen LogP contribution in [0.4, 0.5) is 0 Å². The van der Waals surface area contributed by atoms with E-state index in [1.807, 2.05) is 25.1 Å². The molecular formula is C18H27NO2. The summed E-state index contributed by atoms with van der Waals surface area (Å²) in [4.78, 5) is 0. The maximum absolute atomic E-state index is 6.06. The van der Waals surface area contributed by atoms with Gasteiger partial charge in [-0.2, -0.15) is 0 Å². The molecule has 2 rings (SSSR count). The lowest BCUT2D eigenvalue weighted by Gasteiger charge is -2.36. The third kappa shape index (κ3) is 3.66. The Morgan fingerprint density at radius 2 is 1.90 bits per heavy atom. The lowest BCUT2D eigenvalue weighted by Crippen LogP contribution is -2.42. The van der Waals surface area contributed by atoms with E-state index in [1.165, 1.54) is 0 Å². The zero-order chi connectivity index (χ0) is 15.5. The van der Waals surface area contributed by atoms with Crippen LogP contribution in [-0.4, -0.2) is 19.3 Å². The highest BCUT2D eigenvalue weighted by Gasteiger charge is 2.35. The van der Waals surface area contributed by atoms with Crippen LogP contribution in [-0.2, 0) is 4.74 Å². The van der Waals surface area contributed by atoms with Gasteiger partial charge >= 0.3 is 0 Å². The normalized spacial score (nSPS) is 15.3. The van der Waals surface area contributed by atoms with Crippen LogP contribution in [0.3, 0.4) is 0 Å². The Morgan fingerprint density at radius 3 is 2.48 bits per heavy atom. The molecule has 0 saturated carbocycles. The van der Waals surface area contributed by atoms with Crippen molar-refractivity contribution in [1.82, 2.24) is 5.32 Å². The van der Waals surface area contributed by atoms with E-state index in [-0.39, 0.29) is 17.6 Å². The first kappa shape index (κ1) is 16.1. The van der Waals surface area contributed by atoms with Gasteiger partial charge in [0.15, 0.2) is 0 Å². The number of likely N-dealkylation sites (N-methyl/N-ethyl adjacent to an activating group) is 1. The highest BCUT2D eigenvalue weighted by atomic mass is 16.5. The van der Waals surface area contributed by atoms with E-state index >= 15 is 0 Å². The Morgan fingerprint density at radius 1 is 1.19 bits per heavy atom. The average molecular weight is 289 g/mol. The topological polar surface area (TPSA) is 34.4 Å². The zero-order valence-corrected chi connectivity index (χ0v) is 13.8. The van der Waals surface area contributed by atoms with Gasteiger partial charge in [-0.25, -0.2) is 0 Å². The Labute approximate surface area is 127 Å². The maximum Gasteiger partial charge on any atom is 0.134 e. The first-order valence-electron chi connectivity index (χ1n) is 7.80. The molecule has 0 amide bonds. The second-order valence-corrected chi connectivity index (χ2v) is 6.46. The van der Waals surface area contributed by atoms with E-state index in [1.54, 1.807) is 0 Å². The van der Waals surface area contributed by atoms with E-state index in [0.29, 0.717) is 6.61 Å². The Balaban J connectivity index is 2.40. The molecule has 1 heterocycles. The minimum absolute atomic E-state index is 0.0296. The summed E-state index contributed by atoms with van der Waals surface area (Å²) < 4.78 is 12.1. The van der Waals surface area contributed by atoms with E-state index in [9.17, 15) is 0 Å². The molecule has 0 radical (unpaired) electrons. The fourth-order valence-electron chi connectivity index (χ4n) is 2.76. The molecule has 2 unspecified atom stereocenters. The second-order valence-electron chi connectivity index (χ2n) is 6.46. The highest BCUT2D eigenvalue weighted by Crippen LogP contribution is 2.35. The van der Waals surface area contributed by atoms with Gasteiger partial charge in [0.05, 0.1) is 12.1 Å². The van der Waals surface area contributed by atoms with Crippen LogP contribution in [0.1, 0.15) is 46.4 Å². The minimum Gasteiger partial charge on any atom is -0.459 e. The van der Waals surface area contributed by atoms with E-state index < -0.39 is 0 Å². The lowest BCUT2D eigenvalue weighted by molar-refractivity contribution is -0.0402. The number of hydrogen-bond acceptors (Lipinski definition) is 3. The molecule has 1 aromatic heterocycles. The quantitative estimate of drug-likeness (QED) is 0.848. The van der Waals surface area contributed by atoms with Crippen molar-refractivity contribution >= 4 is 11.0 Å². The summed E-state index contributed by atoms with van der Waals surface area (Å²) >= 11 is 0. The lowest BCUT2D eigenvalue weighted by atomic mass is 9.83. The molecule has 1 aromatic carbocycles. The fraction of sp³-hybridized carbons (Fsp3) is 0.556. The van der Waals surface area contributed by atoms with Crippen molar-refractivity contribution in [3.8, 4) is 0 Å². The summed E-state index contributed by atoms with van der Waals surface area (Å²) in [5, 5.41) is 4.67. The number of hydrogen-bond donors (Lipinski definition) is 1. The Bertz CT molecular complexity index is 535. The van der Waals surface area contributed by atoms with Crippen molar-refractivity contribution in [3.05, 3.63) is 36.1 Å². The number of fused-ring (bicyclic) bond motifs is 1. The number of rotatable bonds is 6. The predicted molar refractivity (Wildman–Crippen MR) is 87.5 cm³/mol. The summed E-state index contributed by atoms with van der Waals surface area (Å²) in [5.74, 6) is 0.950. The molecule has 21 heavy (non-hydrogen) atoms. The molecule has 0 aliphatic carbocycles. The van der Waals surface area contributed by atoms with Gasteiger partial charge in [0.1, 0.15) is 11.3 Å². The van der Waals surface area contributed by atoms with E-state index in [2.05, 4.69) is 45.1 Å². The van der Waals surface area contributed by atoms with Crippen LogP contribution in [0.5, 0.6) is 0 Å². The minimum atomic E-state index is 0.0296. The molecule has 0 bridgehead atoms. The number of ether oxygens (including phenoxy) is 1. The van der Waals surface area contributed by atoms with Crippen LogP contribution in [0.2, 0.25) is 0 Å². The van der Waals surface area contributed by atoms with Crippen molar-refractivity contribution in [1.29, 1.82) is 0 Å². The van der Waals surface area contributed by atoms with Gasteiger partial charge in [0.25, 0.3) is 0 Å². The standard InChI is InChI=1S/C18H27NO2/c1-6-19-16(17(20-7-2)18(3,4)5)15-12-13-10-8-9-11-14(13)21-15/h8-12,16-17,19H,6-7H2,1-5H3. The summed E-state index contributed by atoms with van der Waals surface area (Å²) in [7, 11) is 0. The monoisotopic (exact) mass is 289 g/mol. The van der Waals surface area contributed by atoms with Gasteiger partial charge in [-0.15, -0.1) is 0 Å². The van der Waals surface area contributed by atoms with E-state index in [0.717, 1.165) is 23.3 Å². The van der Waals surface area contributed by atoms with Gasteiger partial charge < -0.3 is 14.5 Å². The highest BCUT2D eigenvalue weighted by molar-refractivity contribution is 5.77. The second kappa shape index (κ2) is 6.63. The van der Waals surface area contributed by atoms with Crippen LogP contribution in [0.15, 0.2) is 34.7 Å². The van der Waals surface area contributed by atoms with Gasteiger partial charge in [-0.1, -0.05) is 45.9 Å². The molecule has 3 nitrogen and oxygen atoms in total. The van der Waals surface area contributed by atoms with Gasteiger partial charge in [0.2, 0.25) is 0 Å². The summed E-state index contributed by atoms with van der Waals surface area (Å²) in [6.45, 7) is 12.4. The van der Waals surface area contributed by atoms with Crippen molar-refractivity contribution in [2.75, 3.05) is 13.2 Å². The van der Waals surface area contributed by atoms with Crippen LogP contribution < -0.4 is 5.32 Å². The molecular weight excluding hydrogens is 262 g/mol. The molecule has 0 spiro atoms. The number of furan rings is 1. The third-order valence-corrected chi connectivity index (χ3v) is 3.68. The molecule has 0 saturated heterocycles. The maximum atomic E-state index is 6.06. The van der Waals surface area contributed by atoms with Crippen molar-refractivity contribution < 1.29 is 9.15 Å². The van der Waals surface area contributed by atoms with Crippen molar-refractivity contribution in [2.24, 2.45) is 5.41 Å². The van der Waals surface area contributed by atoms with Crippen molar-refractivity contribution in [3.63, 3.8) is 0 Å². The fourth-order valence-corrected chi connectivity index (χ4v) is 2.76. The number of benzene rings is 1. The molecule has 2 atom stereocenters. The zero-order valence-electron chi connectivity index (χ0n) is 13.8. The first-order valence-corrected chi connectivity index (χ1v) is 7.80. The molecule has 0 fully saturated rings. The number of nitrogens with one attached hydrogen (secondary N) is 1. The summed E-state index contributed by atoms with van der Waals surface area (Å²) in [5.41, 5.74) is 0.960. The molecule has 0 aliphatic rings. The van der Waals surface area contributed by atoms with Crippen molar-refractivity contribution in [2.45, 2.75) is 46.8 Å². The van der Waals surface area contributed by atoms with Crippen LogP contribution in [0, 0.1) is 5.41 Å². The largest absolute Gasteiger partial charge is 0.459 e. The summed E-state index contributed by atoms with van der Waals surface area (Å²) in [6.07, 6.45) is 0.0583. The molecule has 2 aromatic rings. The average Bonchev–Trinajstić information content (AvgIpc) is 2.85. The summed E-state index contributed by atoms with van der Waals surface area (Å²) in [6, 6.07) is 10.3. The smallest absolute Gasteiger partial charge is 0.134 e. The molecule has 1 N–H and O–H groups in total. The Kier molecular flexibility index (Phi) is 5.07. The van der Waals surface area contributed by atoms with Gasteiger partial charge in [0, 0.05) is 12.0 Å². The molecule has 116 valence electrons. The molecule has 0 aliphatic heterocycles. The number of para-hydroxylation sites is 1. The Hall–Kier alpha value is -1.32.